The Morgan fingerprint density at radius 3 is 1.26 bits per heavy atom. The van der Waals surface area contributed by atoms with E-state index in [0.29, 0.717) is 0 Å². The summed E-state index contributed by atoms with van der Waals surface area (Å²) in [5.74, 6) is 0. The summed E-state index contributed by atoms with van der Waals surface area (Å²) in [7, 11) is 0. The molecule has 0 fully saturated rings. The number of hydrogen-bond donors (Lipinski definition) is 0. The Morgan fingerprint density at radius 1 is 0.412 bits per heavy atom. The highest BCUT2D eigenvalue weighted by Crippen LogP contribution is 2.39. The highest BCUT2D eigenvalue weighted by molar-refractivity contribution is 7.20. The first-order valence-electron chi connectivity index (χ1n) is 11.7. The van der Waals surface area contributed by atoms with Gasteiger partial charge in [0.15, 0.2) is 0 Å². The van der Waals surface area contributed by atoms with E-state index in [1.54, 1.807) is 0 Å². The zero-order valence-electron chi connectivity index (χ0n) is 18.6. The highest BCUT2D eigenvalue weighted by atomic mass is 32.1. The van der Waals surface area contributed by atoms with Crippen LogP contribution < -0.4 is 0 Å². The van der Waals surface area contributed by atoms with Crippen LogP contribution in [-0.2, 0) is 12.8 Å². The van der Waals surface area contributed by atoms with Crippen LogP contribution in [-0.4, -0.2) is 0 Å². The largest absolute Gasteiger partial charge is 0.139 e. The standard InChI is InChI=1S/C32H22S2/c1-3-7-21(8-4-1)15-27-17-25-13-11-23-20-30-24(19-29(23)31(25)33-27)12-14-26-18-28(34-32(26)30)16-22-9-5-2-6-10-22/h1-14,17-20H,15-16H2. The first kappa shape index (κ1) is 20.0. The molecule has 0 amide bonds. The van der Waals surface area contributed by atoms with Crippen molar-refractivity contribution in [3.05, 3.63) is 130 Å². The van der Waals surface area contributed by atoms with Crippen molar-refractivity contribution < 1.29 is 0 Å². The maximum atomic E-state index is 2.41. The van der Waals surface area contributed by atoms with Crippen LogP contribution in [0.3, 0.4) is 0 Å². The van der Waals surface area contributed by atoms with Gasteiger partial charge in [0, 0.05) is 42.8 Å². The summed E-state index contributed by atoms with van der Waals surface area (Å²) in [5.41, 5.74) is 2.74. The normalized spacial score (nSPS) is 11.8. The lowest BCUT2D eigenvalue weighted by molar-refractivity contribution is 1.24. The van der Waals surface area contributed by atoms with Gasteiger partial charge in [-0.25, -0.2) is 0 Å². The lowest BCUT2D eigenvalue weighted by atomic mass is 10.0. The second kappa shape index (κ2) is 8.09. The molecule has 0 saturated heterocycles. The molecule has 0 N–H and O–H groups in total. The predicted octanol–water partition coefficient (Wildman–Crippen LogP) is 9.60. The van der Waals surface area contributed by atoms with Crippen LogP contribution >= 0.6 is 22.7 Å². The lowest BCUT2D eigenvalue weighted by Gasteiger charge is -2.05. The number of rotatable bonds is 4. The van der Waals surface area contributed by atoms with Crippen molar-refractivity contribution in [2.75, 3.05) is 0 Å². The van der Waals surface area contributed by atoms with Crippen LogP contribution in [0.4, 0.5) is 0 Å². The Morgan fingerprint density at radius 2 is 0.824 bits per heavy atom. The lowest BCUT2D eigenvalue weighted by Crippen LogP contribution is -1.81. The zero-order valence-corrected chi connectivity index (χ0v) is 20.3. The molecule has 0 aliphatic rings. The Balaban J connectivity index is 1.34. The molecule has 0 unspecified atom stereocenters. The van der Waals surface area contributed by atoms with Crippen molar-refractivity contribution in [2.45, 2.75) is 12.8 Å². The number of fused-ring (bicyclic) bond motifs is 6. The number of thiophene rings is 2. The van der Waals surface area contributed by atoms with E-state index in [2.05, 4.69) is 109 Å². The molecule has 0 nitrogen and oxygen atoms in total. The quantitative estimate of drug-likeness (QED) is 0.225. The van der Waals surface area contributed by atoms with E-state index in [-0.39, 0.29) is 0 Å². The maximum Gasteiger partial charge on any atom is 0.0424 e. The Bertz CT molecular complexity index is 1650. The van der Waals surface area contributed by atoms with Crippen molar-refractivity contribution in [1.82, 2.24) is 0 Å². The van der Waals surface area contributed by atoms with Gasteiger partial charge in [-0.3, -0.25) is 0 Å². The first-order valence-corrected chi connectivity index (χ1v) is 13.3. The third-order valence-corrected chi connectivity index (χ3v) is 9.03. The van der Waals surface area contributed by atoms with Gasteiger partial charge in [-0.05, 0) is 56.9 Å². The number of hydrogen-bond acceptors (Lipinski definition) is 2. The van der Waals surface area contributed by atoms with Gasteiger partial charge in [0.05, 0.1) is 0 Å². The van der Waals surface area contributed by atoms with E-state index < -0.39 is 0 Å². The summed E-state index contributed by atoms with van der Waals surface area (Å²) in [6, 6.07) is 40.3. The molecule has 0 bridgehead atoms. The van der Waals surface area contributed by atoms with Crippen LogP contribution in [0, 0.1) is 0 Å². The van der Waals surface area contributed by atoms with Gasteiger partial charge >= 0.3 is 0 Å². The zero-order chi connectivity index (χ0) is 22.5. The molecule has 0 spiro atoms. The van der Waals surface area contributed by atoms with Gasteiger partial charge in [0.25, 0.3) is 0 Å². The molecule has 7 aromatic rings. The summed E-state index contributed by atoms with van der Waals surface area (Å²) in [6.07, 6.45) is 1.99. The fraction of sp³-hybridized carbons (Fsp3) is 0.0625. The second-order valence-corrected chi connectivity index (χ2v) is 11.3. The molecule has 2 heterocycles. The molecular formula is C32H22S2. The summed E-state index contributed by atoms with van der Waals surface area (Å²) < 4.78 is 2.81. The molecule has 0 radical (unpaired) electrons. The molecule has 2 heteroatoms. The minimum atomic E-state index is 0.995. The highest BCUT2D eigenvalue weighted by Gasteiger charge is 2.11. The van der Waals surface area contributed by atoms with E-state index in [1.807, 2.05) is 22.7 Å². The van der Waals surface area contributed by atoms with Crippen LogP contribution in [0.5, 0.6) is 0 Å². The molecule has 0 aliphatic carbocycles. The predicted molar refractivity (Wildman–Crippen MR) is 151 cm³/mol. The Labute approximate surface area is 206 Å². The average Bonchev–Trinajstić information content (AvgIpc) is 3.48. The molecule has 2 aromatic heterocycles. The van der Waals surface area contributed by atoms with E-state index in [1.165, 1.54) is 62.6 Å². The third-order valence-electron chi connectivity index (χ3n) is 6.66. The van der Waals surface area contributed by atoms with Gasteiger partial charge in [-0.2, -0.15) is 0 Å². The van der Waals surface area contributed by atoms with Crippen molar-refractivity contribution >= 4 is 64.4 Å². The molecule has 7 rings (SSSR count). The third kappa shape index (κ3) is 3.51. The smallest absolute Gasteiger partial charge is 0.0424 e. The van der Waals surface area contributed by atoms with Crippen molar-refractivity contribution in [1.29, 1.82) is 0 Å². The van der Waals surface area contributed by atoms with E-state index >= 15 is 0 Å². The van der Waals surface area contributed by atoms with Crippen LogP contribution in [0.1, 0.15) is 20.9 Å². The SMILES string of the molecule is c1ccc(Cc2cc3ccc4cc5c(ccc6cc(Cc7ccccc7)sc65)cc4c3s2)cc1. The van der Waals surface area contributed by atoms with Crippen molar-refractivity contribution in [3.8, 4) is 0 Å². The molecule has 0 atom stereocenters. The van der Waals surface area contributed by atoms with Gasteiger partial charge in [-0.15, -0.1) is 22.7 Å². The molecule has 34 heavy (non-hydrogen) atoms. The molecule has 162 valence electrons. The second-order valence-electron chi connectivity index (χ2n) is 9.01. The summed E-state index contributed by atoms with van der Waals surface area (Å²) in [4.78, 5) is 2.85. The Hall–Kier alpha value is -3.46. The van der Waals surface area contributed by atoms with Crippen LogP contribution in [0.25, 0.3) is 41.7 Å². The van der Waals surface area contributed by atoms with E-state index in [9.17, 15) is 0 Å². The molecular weight excluding hydrogens is 448 g/mol. The molecule has 0 aliphatic heterocycles. The van der Waals surface area contributed by atoms with Gasteiger partial charge in [0.2, 0.25) is 0 Å². The van der Waals surface area contributed by atoms with Gasteiger partial charge < -0.3 is 0 Å². The minimum Gasteiger partial charge on any atom is -0.139 e. The van der Waals surface area contributed by atoms with E-state index in [0.717, 1.165) is 12.8 Å². The topological polar surface area (TPSA) is 0 Å². The monoisotopic (exact) mass is 470 g/mol. The van der Waals surface area contributed by atoms with Gasteiger partial charge in [0.1, 0.15) is 0 Å². The number of benzene rings is 5. The van der Waals surface area contributed by atoms with Crippen LogP contribution in [0.2, 0.25) is 0 Å². The van der Waals surface area contributed by atoms with Crippen molar-refractivity contribution in [2.24, 2.45) is 0 Å². The summed E-state index contributed by atoms with van der Waals surface area (Å²) >= 11 is 3.88. The fourth-order valence-corrected chi connectivity index (χ4v) is 7.45. The van der Waals surface area contributed by atoms with E-state index in [4.69, 9.17) is 0 Å². The van der Waals surface area contributed by atoms with Crippen LogP contribution in [0.15, 0.2) is 109 Å². The fourth-order valence-electron chi connectivity index (χ4n) is 5.02. The summed E-state index contributed by atoms with van der Waals surface area (Å²) in [6.45, 7) is 0. The Kier molecular flexibility index (Phi) is 4.75. The first-order chi connectivity index (χ1) is 16.8. The summed E-state index contributed by atoms with van der Waals surface area (Å²) in [5, 5.41) is 8.11. The average molecular weight is 471 g/mol. The van der Waals surface area contributed by atoms with Gasteiger partial charge in [-0.1, -0.05) is 84.9 Å². The maximum absolute atomic E-state index is 2.41. The molecule has 5 aromatic carbocycles. The minimum absolute atomic E-state index is 0.995. The van der Waals surface area contributed by atoms with Crippen molar-refractivity contribution in [3.63, 3.8) is 0 Å². The molecule has 0 saturated carbocycles.